The zero-order chi connectivity index (χ0) is 11.5. The highest BCUT2D eigenvalue weighted by Crippen LogP contribution is 2.15. The van der Waals surface area contributed by atoms with Crippen molar-refractivity contribution in [1.29, 1.82) is 0 Å². The third kappa shape index (κ3) is 2.42. The number of thioether (sulfide) groups is 1. The maximum Gasteiger partial charge on any atom is 0.275 e. The highest BCUT2D eigenvalue weighted by Gasteiger charge is 2.06. The highest BCUT2D eigenvalue weighted by molar-refractivity contribution is 7.99. The normalized spacial score (nSPS) is 13.1. The Morgan fingerprint density at radius 2 is 2.50 bits per heavy atom. The molecule has 0 saturated heterocycles. The first-order valence-electron chi connectivity index (χ1n) is 4.85. The molecule has 0 aromatic carbocycles. The van der Waals surface area contributed by atoms with Gasteiger partial charge in [0.1, 0.15) is 5.51 Å². The standard InChI is InChI=1S/C9H12N4OS2/c1-6(3-10)15-4-7-2-8(14)13-9(12-7)16-5-11-13/h2,5-6H,3-4,10H2,1H3. The molecule has 0 aliphatic carbocycles. The van der Waals surface area contributed by atoms with Crippen LogP contribution in [0.2, 0.25) is 0 Å². The number of nitrogens with zero attached hydrogens (tertiary/aromatic N) is 3. The largest absolute Gasteiger partial charge is 0.329 e. The molecule has 0 radical (unpaired) electrons. The predicted molar refractivity (Wildman–Crippen MR) is 66.9 cm³/mol. The fourth-order valence-corrected chi connectivity index (χ4v) is 2.55. The van der Waals surface area contributed by atoms with Crippen LogP contribution in [0.4, 0.5) is 0 Å². The molecule has 2 N–H and O–H groups in total. The van der Waals surface area contributed by atoms with E-state index in [0.717, 1.165) is 5.69 Å². The Labute approximate surface area is 101 Å². The summed E-state index contributed by atoms with van der Waals surface area (Å²) >= 11 is 3.06. The first-order chi connectivity index (χ1) is 7.70. The average molecular weight is 256 g/mol. The Balaban J connectivity index is 2.22. The second kappa shape index (κ2) is 4.94. The van der Waals surface area contributed by atoms with Crippen molar-refractivity contribution in [3.8, 4) is 0 Å². The van der Waals surface area contributed by atoms with E-state index in [1.54, 1.807) is 17.3 Å². The molecule has 1 atom stereocenters. The molecule has 16 heavy (non-hydrogen) atoms. The lowest BCUT2D eigenvalue weighted by Crippen LogP contribution is -2.16. The Morgan fingerprint density at radius 1 is 1.69 bits per heavy atom. The molecule has 0 spiro atoms. The summed E-state index contributed by atoms with van der Waals surface area (Å²) in [7, 11) is 0. The topological polar surface area (TPSA) is 73.3 Å². The number of hydrogen-bond donors (Lipinski definition) is 1. The van der Waals surface area contributed by atoms with Gasteiger partial charge in [-0.2, -0.15) is 21.4 Å². The van der Waals surface area contributed by atoms with Gasteiger partial charge in [-0.25, -0.2) is 4.98 Å². The van der Waals surface area contributed by atoms with Gasteiger partial charge in [0, 0.05) is 23.6 Å². The van der Waals surface area contributed by atoms with Crippen molar-refractivity contribution in [3.05, 3.63) is 27.6 Å². The molecule has 7 heteroatoms. The number of nitrogens with two attached hydrogens (primary N) is 1. The Morgan fingerprint density at radius 3 is 3.25 bits per heavy atom. The van der Waals surface area contributed by atoms with Crippen molar-refractivity contribution in [2.24, 2.45) is 5.73 Å². The van der Waals surface area contributed by atoms with Crippen molar-refractivity contribution in [3.63, 3.8) is 0 Å². The van der Waals surface area contributed by atoms with Gasteiger partial charge in [-0.3, -0.25) is 4.79 Å². The molecular weight excluding hydrogens is 244 g/mol. The molecule has 2 aromatic heterocycles. The van der Waals surface area contributed by atoms with E-state index in [0.29, 0.717) is 22.5 Å². The van der Waals surface area contributed by atoms with E-state index in [-0.39, 0.29) is 5.56 Å². The van der Waals surface area contributed by atoms with Crippen LogP contribution in [0, 0.1) is 0 Å². The van der Waals surface area contributed by atoms with Crippen LogP contribution in [0.5, 0.6) is 0 Å². The minimum Gasteiger partial charge on any atom is -0.329 e. The van der Waals surface area contributed by atoms with E-state index in [1.807, 2.05) is 0 Å². The maximum atomic E-state index is 11.6. The molecule has 2 heterocycles. The van der Waals surface area contributed by atoms with Crippen LogP contribution >= 0.6 is 23.1 Å². The van der Waals surface area contributed by atoms with Gasteiger partial charge < -0.3 is 5.73 Å². The van der Waals surface area contributed by atoms with Crippen molar-refractivity contribution in [2.45, 2.75) is 17.9 Å². The van der Waals surface area contributed by atoms with Crippen molar-refractivity contribution in [1.82, 2.24) is 14.6 Å². The zero-order valence-corrected chi connectivity index (χ0v) is 10.4. The lowest BCUT2D eigenvalue weighted by Gasteiger charge is -2.06. The van der Waals surface area contributed by atoms with Gasteiger partial charge >= 0.3 is 0 Å². The maximum absolute atomic E-state index is 11.6. The summed E-state index contributed by atoms with van der Waals surface area (Å²) < 4.78 is 1.31. The van der Waals surface area contributed by atoms with Crippen molar-refractivity contribution < 1.29 is 0 Å². The molecule has 0 aliphatic heterocycles. The zero-order valence-electron chi connectivity index (χ0n) is 8.79. The van der Waals surface area contributed by atoms with Crippen LogP contribution in [0.15, 0.2) is 16.4 Å². The molecule has 0 fully saturated rings. The number of hydrogen-bond acceptors (Lipinski definition) is 6. The summed E-state index contributed by atoms with van der Waals surface area (Å²) in [4.78, 5) is 16.6. The van der Waals surface area contributed by atoms with E-state index in [4.69, 9.17) is 5.73 Å². The molecule has 1 unspecified atom stereocenters. The van der Waals surface area contributed by atoms with Crippen LogP contribution in [0.1, 0.15) is 12.6 Å². The van der Waals surface area contributed by atoms with E-state index >= 15 is 0 Å². The van der Waals surface area contributed by atoms with Gasteiger partial charge in [-0.05, 0) is 0 Å². The number of rotatable bonds is 4. The molecule has 0 aliphatic rings. The smallest absolute Gasteiger partial charge is 0.275 e. The van der Waals surface area contributed by atoms with E-state index < -0.39 is 0 Å². The second-order valence-electron chi connectivity index (χ2n) is 3.38. The van der Waals surface area contributed by atoms with Gasteiger partial charge in [0.2, 0.25) is 4.96 Å². The minimum atomic E-state index is -0.123. The summed E-state index contributed by atoms with van der Waals surface area (Å²) in [5, 5.41) is 4.28. The molecule has 5 nitrogen and oxygen atoms in total. The SMILES string of the molecule is CC(CN)SCc1cc(=O)n2ncsc2n1. The van der Waals surface area contributed by atoms with E-state index in [1.165, 1.54) is 21.9 Å². The monoisotopic (exact) mass is 256 g/mol. The van der Waals surface area contributed by atoms with E-state index in [2.05, 4.69) is 17.0 Å². The summed E-state index contributed by atoms with van der Waals surface area (Å²) in [6, 6.07) is 1.53. The number of aromatic nitrogens is 3. The third-order valence-electron chi connectivity index (χ3n) is 2.09. The molecule has 2 rings (SSSR count). The third-order valence-corrected chi connectivity index (χ3v) is 3.99. The van der Waals surface area contributed by atoms with Gasteiger partial charge in [-0.1, -0.05) is 18.3 Å². The molecule has 0 bridgehead atoms. The first-order valence-corrected chi connectivity index (χ1v) is 6.77. The summed E-state index contributed by atoms with van der Waals surface area (Å²) in [6.07, 6.45) is 0. The summed E-state index contributed by atoms with van der Waals surface area (Å²) in [5.74, 6) is 0.710. The molecule has 0 amide bonds. The first kappa shape index (κ1) is 11.6. The Kier molecular flexibility index (Phi) is 3.57. The lowest BCUT2D eigenvalue weighted by atomic mass is 10.4. The minimum absolute atomic E-state index is 0.123. The van der Waals surface area contributed by atoms with E-state index in [9.17, 15) is 4.79 Å². The van der Waals surface area contributed by atoms with Crippen LogP contribution < -0.4 is 11.3 Å². The van der Waals surface area contributed by atoms with Gasteiger partial charge in [0.15, 0.2) is 0 Å². The van der Waals surface area contributed by atoms with Crippen LogP contribution in [-0.4, -0.2) is 26.4 Å². The van der Waals surface area contributed by atoms with Crippen LogP contribution in [0.25, 0.3) is 4.96 Å². The van der Waals surface area contributed by atoms with Crippen molar-refractivity contribution in [2.75, 3.05) is 6.54 Å². The number of fused-ring (bicyclic) bond motifs is 1. The van der Waals surface area contributed by atoms with Gasteiger partial charge in [0.25, 0.3) is 5.56 Å². The Bertz CT molecular complexity index is 536. The lowest BCUT2D eigenvalue weighted by molar-refractivity contribution is 0.887. The quantitative estimate of drug-likeness (QED) is 0.873. The second-order valence-corrected chi connectivity index (χ2v) is 5.61. The molecule has 0 saturated carbocycles. The van der Waals surface area contributed by atoms with Crippen LogP contribution in [-0.2, 0) is 5.75 Å². The van der Waals surface area contributed by atoms with Gasteiger partial charge in [-0.15, -0.1) is 0 Å². The highest BCUT2D eigenvalue weighted by atomic mass is 32.2. The Hall–Kier alpha value is -0.920. The van der Waals surface area contributed by atoms with Gasteiger partial charge in [0.05, 0.1) is 5.69 Å². The average Bonchev–Trinajstić information content (AvgIpc) is 2.74. The fraction of sp³-hybridized carbons (Fsp3) is 0.444. The molecular formula is C9H12N4OS2. The van der Waals surface area contributed by atoms with Crippen LogP contribution in [0.3, 0.4) is 0 Å². The predicted octanol–water partition coefficient (Wildman–Crippen LogP) is 0.731. The van der Waals surface area contributed by atoms with Crippen molar-refractivity contribution >= 4 is 28.1 Å². The summed E-state index contributed by atoms with van der Waals surface area (Å²) in [6.45, 7) is 2.69. The molecule has 86 valence electrons. The fourth-order valence-electron chi connectivity index (χ4n) is 1.17. The molecule has 2 aromatic rings. The summed E-state index contributed by atoms with van der Waals surface area (Å²) in [5.41, 5.74) is 7.81.